The summed E-state index contributed by atoms with van der Waals surface area (Å²) in [6.07, 6.45) is 0. The number of aromatic amines is 1. The number of para-hydroxylation sites is 3. The number of carbonyl (C=O) groups is 1. The summed E-state index contributed by atoms with van der Waals surface area (Å²) < 4.78 is 39.0. The van der Waals surface area contributed by atoms with Gasteiger partial charge < -0.3 is 19.8 Å². The van der Waals surface area contributed by atoms with E-state index in [0.717, 1.165) is 0 Å². The van der Waals surface area contributed by atoms with E-state index in [0.29, 0.717) is 16.7 Å². The Morgan fingerprint density at radius 1 is 0.853 bits per heavy atom. The first-order valence-electron chi connectivity index (χ1n) is 10.1. The summed E-state index contributed by atoms with van der Waals surface area (Å²) in [5.74, 6) is 0.0147. The van der Waals surface area contributed by atoms with Crippen LogP contribution in [0.2, 0.25) is 0 Å². The summed E-state index contributed by atoms with van der Waals surface area (Å²) in [7, 11) is -1.19. The molecule has 0 unspecified atom stereocenters. The topological polar surface area (TPSA) is 127 Å². The second kappa shape index (κ2) is 9.28. The number of sulfonamides is 1. The lowest BCUT2D eigenvalue weighted by Crippen LogP contribution is -2.18. The molecule has 9 nitrogen and oxygen atoms in total. The van der Waals surface area contributed by atoms with Crippen molar-refractivity contribution in [1.29, 1.82) is 0 Å². The fraction of sp³-hybridized carbons (Fsp3) is 0.0833. The first-order valence-corrected chi connectivity index (χ1v) is 11.6. The van der Waals surface area contributed by atoms with Crippen LogP contribution in [0.1, 0.15) is 10.4 Å². The van der Waals surface area contributed by atoms with E-state index in [1.165, 1.54) is 38.5 Å². The van der Waals surface area contributed by atoms with E-state index in [9.17, 15) is 18.0 Å². The van der Waals surface area contributed by atoms with Crippen LogP contribution in [-0.2, 0) is 10.0 Å². The van der Waals surface area contributed by atoms with Crippen molar-refractivity contribution < 1.29 is 22.7 Å². The molecule has 0 atom stereocenters. The van der Waals surface area contributed by atoms with Crippen LogP contribution in [0, 0.1) is 0 Å². The number of methoxy groups -OCH3 is 2. The molecule has 0 spiro atoms. The Bertz CT molecular complexity index is 1550. The third-order valence-corrected chi connectivity index (χ3v) is 6.44. The summed E-state index contributed by atoms with van der Waals surface area (Å²) in [5.41, 5.74) is 0.598. The molecule has 174 valence electrons. The lowest BCUT2D eigenvalue weighted by molar-refractivity contribution is 0.102. The molecule has 34 heavy (non-hydrogen) atoms. The molecule has 0 aliphatic carbocycles. The smallest absolute Gasteiger partial charge is 0.262 e. The predicted octanol–water partition coefficient (Wildman–Crippen LogP) is 3.60. The van der Waals surface area contributed by atoms with Gasteiger partial charge in [0.25, 0.3) is 15.9 Å². The van der Waals surface area contributed by atoms with Crippen molar-refractivity contribution >= 4 is 38.2 Å². The first kappa shape index (κ1) is 22.9. The lowest BCUT2D eigenvalue weighted by atomic mass is 10.1. The number of rotatable bonds is 7. The predicted molar refractivity (Wildman–Crippen MR) is 129 cm³/mol. The van der Waals surface area contributed by atoms with Gasteiger partial charge in [-0.3, -0.25) is 14.3 Å². The first-order chi connectivity index (χ1) is 16.3. The van der Waals surface area contributed by atoms with E-state index in [4.69, 9.17) is 9.47 Å². The molecule has 1 aromatic heterocycles. The fourth-order valence-electron chi connectivity index (χ4n) is 3.47. The fourth-order valence-corrected chi connectivity index (χ4v) is 4.56. The Hall–Kier alpha value is -4.31. The highest BCUT2D eigenvalue weighted by atomic mass is 32.2. The zero-order valence-corrected chi connectivity index (χ0v) is 19.1. The van der Waals surface area contributed by atoms with Crippen LogP contribution in [-0.4, -0.2) is 33.5 Å². The number of hydrogen-bond donors (Lipinski definition) is 3. The van der Waals surface area contributed by atoms with E-state index in [2.05, 4.69) is 15.0 Å². The number of amides is 1. The average Bonchev–Trinajstić information content (AvgIpc) is 2.83. The third kappa shape index (κ3) is 4.57. The molecule has 1 heterocycles. The largest absolute Gasteiger partial charge is 0.495 e. The molecule has 0 aliphatic rings. The van der Waals surface area contributed by atoms with Gasteiger partial charge in [-0.2, -0.15) is 0 Å². The molecule has 4 aromatic rings. The molecule has 0 radical (unpaired) electrons. The summed E-state index contributed by atoms with van der Waals surface area (Å²) in [6.45, 7) is 0. The van der Waals surface area contributed by atoms with Crippen LogP contribution in [0.5, 0.6) is 11.5 Å². The standard InChI is InChI=1S/C24H21N3O6S/c1-32-21-10-6-5-9-19(21)27-34(30,31)15-11-12-22(33-2)20(13-15)26-24(29)17-14-23(28)25-18-8-4-3-7-16(17)18/h3-14,27H,1-2H3,(H,25,28)(H,26,29). The number of nitrogens with one attached hydrogen (secondary N) is 3. The number of pyridine rings is 1. The highest BCUT2D eigenvalue weighted by Gasteiger charge is 2.20. The Labute approximate surface area is 195 Å². The maximum absolute atomic E-state index is 13.1. The summed E-state index contributed by atoms with van der Waals surface area (Å²) >= 11 is 0. The molecule has 1 amide bonds. The third-order valence-electron chi connectivity index (χ3n) is 5.08. The van der Waals surface area contributed by atoms with Crippen LogP contribution in [0.25, 0.3) is 10.9 Å². The van der Waals surface area contributed by atoms with Crippen molar-refractivity contribution in [1.82, 2.24) is 4.98 Å². The van der Waals surface area contributed by atoms with Gasteiger partial charge in [-0.15, -0.1) is 0 Å². The number of hydrogen-bond acceptors (Lipinski definition) is 6. The van der Waals surface area contributed by atoms with Gasteiger partial charge in [0.2, 0.25) is 5.56 Å². The van der Waals surface area contributed by atoms with Crippen molar-refractivity contribution in [2.24, 2.45) is 0 Å². The molecule has 0 bridgehead atoms. The maximum atomic E-state index is 13.1. The average molecular weight is 480 g/mol. The van der Waals surface area contributed by atoms with Crippen LogP contribution >= 0.6 is 0 Å². The van der Waals surface area contributed by atoms with Gasteiger partial charge in [-0.1, -0.05) is 30.3 Å². The molecular weight excluding hydrogens is 458 g/mol. The number of benzene rings is 3. The lowest BCUT2D eigenvalue weighted by Gasteiger charge is -2.15. The summed E-state index contributed by atoms with van der Waals surface area (Å²) in [4.78, 5) is 27.7. The highest BCUT2D eigenvalue weighted by molar-refractivity contribution is 7.92. The molecule has 10 heteroatoms. The van der Waals surface area contributed by atoms with Crippen LogP contribution < -0.4 is 25.1 Å². The number of H-pyrrole nitrogens is 1. The molecule has 0 aliphatic heterocycles. The van der Waals surface area contributed by atoms with E-state index in [-0.39, 0.29) is 27.6 Å². The van der Waals surface area contributed by atoms with Crippen molar-refractivity contribution in [3.05, 3.63) is 88.7 Å². The zero-order chi connectivity index (χ0) is 24.3. The molecule has 0 saturated heterocycles. The minimum absolute atomic E-state index is 0.106. The molecular formula is C24H21N3O6S. The van der Waals surface area contributed by atoms with Gasteiger partial charge in [0.1, 0.15) is 11.5 Å². The second-order valence-corrected chi connectivity index (χ2v) is 8.90. The second-order valence-electron chi connectivity index (χ2n) is 7.21. The van der Waals surface area contributed by atoms with Crippen molar-refractivity contribution in [3.8, 4) is 11.5 Å². The van der Waals surface area contributed by atoms with Gasteiger partial charge in [-0.05, 0) is 36.4 Å². The van der Waals surface area contributed by atoms with E-state index in [1.807, 2.05) is 0 Å². The number of carbonyl (C=O) groups excluding carboxylic acids is 1. The normalized spacial score (nSPS) is 11.1. The minimum atomic E-state index is -4.03. The Morgan fingerprint density at radius 3 is 2.29 bits per heavy atom. The monoisotopic (exact) mass is 479 g/mol. The van der Waals surface area contributed by atoms with E-state index >= 15 is 0 Å². The van der Waals surface area contributed by atoms with Gasteiger partial charge in [0, 0.05) is 17.0 Å². The van der Waals surface area contributed by atoms with Gasteiger partial charge in [0.15, 0.2) is 0 Å². The maximum Gasteiger partial charge on any atom is 0.262 e. The summed E-state index contributed by atoms with van der Waals surface area (Å²) in [6, 6.07) is 18.7. The number of ether oxygens (including phenoxy) is 2. The molecule has 4 rings (SSSR count). The van der Waals surface area contributed by atoms with Gasteiger partial charge in [0.05, 0.1) is 36.1 Å². The van der Waals surface area contributed by atoms with E-state index < -0.39 is 21.5 Å². The highest BCUT2D eigenvalue weighted by Crippen LogP contribution is 2.31. The molecule has 3 N–H and O–H groups in total. The number of aromatic nitrogens is 1. The molecule has 0 saturated carbocycles. The van der Waals surface area contributed by atoms with Crippen molar-refractivity contribution in [3.63, 3.8) is 0 Å². The number of anilines is 2. The minimum Gasteiger partial charge on any atom is -0.495 e. The van der Waals surface area contributed by atoms with Crippen LogP contribution in [0.3, 0.4) is 0 Å². The Balaban J connectivity index is 1.70. The zero-order valence-electron chi connectivity index (χ0n) is 18.3. The molecule has 3 aromatic carbocycles. The summed E-state index contributed by atoms with van der Waals surface area (Å²) in [5, 5.41) is 3.20. The Morgan fingerprint density at radius 2 is 1.53 bits per heavy atom. The van der Waals surface area contributed by atoms with Gasteiger partial charge in [-0.25, -0.2) is 8.42 Å². The quantitative estimate of drug-likeness (QED) is 0.372. The van der Waals surface area contributed by atoms with Crippen molar-refractivity contribution in [2.75, 3.05) is 24.3 Å². The van der Waals surface area contributed by atoms with E-state index in [1.54, 1.807) is 48.5 Å². The SMILES string of the molecule is COc1ccc(S(=O)(=O)Nc2ccccc2OC)cc1NC(=O)c1cc(=O)[nH]c2ccccc12. The number of fused-ring (bicyclic) bond motifs is 1. The van der Waals surface area contributed by atoms with Gasteiger partial charge >= 0.3 is 0 Å². The van der Waals surface area contributed by atoms with Crippen LogP contribution in [0.4, 0.5) is 11.4 Å². The van der Waals surface area contributed by atoms with Crippen LogP contribution in [0.15, 0.2) is 82.5 Å². The molecule has 0 fully saturated rings. The van der Waals surface area contributed by atoms with Crippen molar-refractivity contribution in [2.45, 2.75) is 4.90 Å². The Kier molecular flexibility index (Phi) is 6.24.